The molecule has 0 aromatic carbocycles. The minimum absolute atomic E-state index is 0.179. The van der Waals surface area contributed by atoms with Crippen molar-refractivity contribution in [2.75, 3.05) is 5.32 Å². The van der Waals surface area contributed by atoms with E-state index in [0.717, 1.165) is 5.69 Å². The smallest absolute Gasteiger partial charge is 0.241 e. The highest BCUT2D eigenvalue weighted by molar-refractivity contribution is 5.97. The van der Waals surface area contributed by atoms with E-state index < -0.39 is 17.9 Å². The highest BCUT2D eigenvalue weighted by atomic mass is 16.2. The number of aromatic amines is 1. The summed E-state index contributed by atoms with van der Waals surface area (Å²) >= 11 is 0. The first-order valence-electron chi connectivity index (χ1n) is 4.78. The molecule has 0 aliphatic rings. The molecule has 1 unspecified atom stereocenters. The van der Waals surface area contributed by atoms with Crippen LogP contribution in [-0.4, -0.2) is 28.1 Å². The van der Waals surface area contributed by atoms with Gasteiger partial charge >= 0.3 is 0 Å². The number of nitrogens with zero attached hydrogens (tertiary/aromatic N) is 1. The molecule has 7 nitrogen and oxygen atoms in total. The first kappa shape index (κ1) is 12.2. The molecular formula is C9H15N5O2. The minimum Gasteiger partial charge on any atom is -0.370 e. The maximum Gasteiger partial charge on any atom is 0.241 e. The van der Waals surface area contributed by atoms with Crippen molar-refractivity contribution in [2.45, 2.75) is 26.3 Å². The zero-order valence-electron chi connectivity index (χ0n) is 9.20. The molecule has 7 heteroatoms. The second kappa shape index (κ2) is 4.75. The summed E-state index contributed by atoms with van der Waals surface area (Å²) in [6, 6.07) is -0.939. The molecule has 16 heavy (non-hydrogen) atoms. The van der Waals surface area contributed by atoms with E-state index in [1.165, 1.54) is 0 Å². The van der Waals surface area contributed by atoms with Crippen molar-refractivity contribution in [2.24, 2.45) is 11.5 Å². The Morgan fingerprint density at radius 2 is 2.12 bits per heavy atom. The molecule has 1 aromatic heterocycles. The van der Waals surface area contributed by atoms with Crippen molar-refractivity contribution in [3.05, 3.63) is 11.4 Å². The summed E-state index contributed by atoms with van der Waals surface area (Å²) < 4.78 is 0. The predicted octanol–water partition coefficient (Wildman–Crippen LogP) is -0.832. The van der Waals surface area contributed by atoms with E-state index in [-0.39, 0.29) is 6.42 Å². The highest BCUT2D eigenvalue weighted by Gasteiger charge is 2.18. The van der Waals surface area contributed by atoms with Crippen LogP contribution in [0.15, 0.2) is 0 Å². The topological polar surface area (TPSA) is 127 Å². The number of anilines is 1. The van der Waals surface area contributed by atoms with Gasteiger partial charge in [-0.05, 0) is 13.8 Å². The van der Waals surface area contributed by atoms with E-state index in [4.69, 9.17) is 11.5 Å². The number of carbonyl (C=O) groups excluding carboxylic acids is 2. The lowest BCUT2D eigenvalue weighted by Crippen LogP contribution is -2.39. The summed E-state index contributed by atoms with van der Waals surface area (Å²) in [4.78, 5) is 22.2. The van der Waals surface area contributed by atoms with Crippen LogP contribution in [0.5, 0.6) is 0 Å². The molecule has 0 fully saturated rings. The maximum absolute atomic E-state index is 11.6. The van der Waals surface area contributed by atoms with Crippen LogP contribution in [0.1, 0.15) is 17.8 Å². The number of rotatable bonds is 4. The minimum atomic E-state index is -0.939. The van der Waals surface area contributed by atoms with Crippen LogP contribution in [0.4, 0.5) is 5.69 Å². The van der Waals surface area contributed by atoms with Crippen molar-refractivity contribution in [3.63, 3.8) is 0 Å². The van der Waals surface area contributed by atoms with Gasteiger partial charge in [0.2, 0.25) is 11.8 Å². The molecule has 0 radical (unpaired) electrons. The molecule has 6 N–H and O–H groups in total. The molecule has 1 heterocycles. The third kappa shape index (κ3) is 2.80. The number of H-pyrrole nitrogens is 1. The number of aryl methyl sites for hydroxylation is 2. The average Bonchev–Trinajstić information content (AvgIpc) is 2.48. The number of nitrogens with one attached hydrogen (secondary N) is 2. The number of aromatic nitrogens is 2. The lowest BCUT2D eigenvalue weighted by Gasteiger charge is -2.10. The molecule has 0 aliphatic carbocycles. The number of nitrogens with two attached hydrogens (primary N) is 2. The zero-order chi connectivity index (χ0) is 12.3. The van der Waals surface area contributed by atoms with Gasteiger partial charge in [-0.25, -0.2) is 0 Å². The molecule has 1 rings (SSSR count). The van der Waals surface area contributed by atoms with Crippen LogP contribution in [-0.2, 0) is 9.59 Å². The molecular weight excluding hydrogens is 210 g/mol. The second-order valence-electron chi connectivity index (χ2n) is 3.58. The second-order valence-corrected chi connectivity index (χ2v) is 3.58. The molecule has 0 bridgehead atoms. The van der Waals surface area contributed by atoms with Gasteiger partial charge in [-0.1, -0.05) is 0 Å². The number of amides is 2. The fraction of sp³-hybridized carbons (Fsp3) is 0.444. The van der Waals surface area contributed by atoms with E-state index in [0.29, 0.717) is 11.4 Å². The third-order valence-corrected chi connectivity index (χ3v) is 2.13. The van der Waals surface area contributed by atoms with Crippen LogP contribution < -0.4 is 16.8 Å². The largest absolute Gasteiger partial charge is 0.370 e. The van der Waals surface area contributed by atoms with E-state index in [2.05, 4.69) is 15.5 Å². The Kier molecular flexibility index (Phi) is 3.62. The Hall–Kier alpha value is -1.89. The van der Waals surface area contributed by atoms with Crippen LogP contribution >= 0.6 is 0 Å². The van der Waals surface area contributed by atoms with Gasteiger partial charge in [-0.2, -0.15) is 5.10 Å². The van der Waals surface area contributed by atoms with E-state index in [9.17, 15) is 9.59 Å². The SMILES string of the molecule is Cc1n[nH]c(C)c1NC(=O)C(N)CC(N)=O. The number of hydrogen-bond donors (Lipinski definition) is 4. The molecule has 0 saturated heterocycles. The standard InChI is InChI=1S/C9H15N5O2/c1-4-8(5(2)14-13-4)12-9(16)6(10)3-7(11)15/h6H,3,10H2,1-2H3,(H2,11,15)(H,12,16)(H,13,14). The molecule has 0 spiro atoms. The van der Waals surface area contributed by atoms with E-state index in [1.54, 1.807) is 13.8 Å². The van der Waals surface area contributed by atoms with Crippen LogP contribution in [0.3, 0.4) is 0 Å². The van der Waals surface area contributed by atoms with Crippen molar-refractivity contribution in [1.29, 1.82) is 0 Å². The predicted molar refractivity (Wildman–Crippen MR) is 58.5 cm³/mol. The monoisotopic (exact) mass is 225 g/mol. The van der Waals surface area contributed by atoms with E-state index >= 15 is 0 Å². The van der Waals surface area contributed by atoms with Gasteiger partial charge in [0.1, 0.15) is 0 Å². The summed E-state index contributed by atoms with van der Waals surface area (Å²) in [5.41, 5.74) is 12.4. The fourth-order valence-corrected chi connectivity index (χ4v) is 1.26. The molecule has 88 valence electrons. The number of carbonyl (C=O) groups is 2. The first-order valence-corrected chi connectivity index (χ1v) is 4.78. The summed E-state index contributed by atoms with van der Waals surface area (Å²) in [6.07, 6.45) is -0.179. The van der Waals surface area contributed by atoms with E-state index in [1.807, 2.05) is 0 Å². The van der Waals surface area contributed by atoms with Crippen molar-refractivity contribution < 1.29 is 9.59 Å². The average molecular weight is 225 g/mol. The van der Waals surface area contributed by atoms with Gasteiger partial charge in [0.05, 0.1) is 29.5 Å². The highest BCUT2D eigenvalue weighted by Crippen LogP contribution is 2.16. The van der Waals surface area contributed by atoms with Crippen molar-refractivity contribution in [1.82, 2.24) is 10.2 Å². The summed E-state index contributed by atoms with van der Waals surface area (Å²) in [6.45, 7) is 3.52. The zero-order valence-corrected chi connectivity index (χ0v) is 9.20. The van der Waals surface area contributed by atoms with Gasteiger partial charge in [0.25, 0.3) is 0 Å². The molecule has 1 aromatic rings. The molecule has 0 aliphatic heterocycles. The van der Waals surface area contributed by atoms with Gasteiger partial charge in [-0.3, -0.25) is 14.7 Å². The molecule has 1 atom stereocenters. The normalized spacial score (nSPS) is 12.2. The fourth-order valence-electron chi connectivity index (χ4n) is 1.26. The Morgan fingerprint density at radius 3 is 2.56 bits per heavy atom. The third-order valence-electron chi connectivity index (χ3n) is 2.13. The van der Waals surface area contributed by atoms with Gasteiger partial charge in [0.15, 0.2) is 0 Å². The van der Waals surface area contributed by atoms with Crippen molar-refractivity contribution >= 4 is 17.5 Å². The molecule has 2 amide bonds. The van der Waals surface area contributed by atoms with Crippen LogP contribution in [0, 0.1) is 13.8 Å². The quantitative estimate of drug-likeness (QED) is 0.533. The van der Waals surface area contributed by atoms with Crippen LogP contribution in [0.25, 0.3) is 0 Å². The molecule has 0 saturated carbocycles. The van der Waals surface area contributed by atoms with Gasteiger partial charge in [-0.15, -0.1) is 0 Å². The Morgan fingerprint density at radius 1 is 1.50 bits per heavy atom. The maximum atomic E-state index is 11.6. The summed E-state index contributed by atoms with van der Waals surface area (Å²) in [5.74, 6) is -1.06. The Balaban J connectivity index is 2.68. The Labute approximate surface area is 92.6 Å². The lowest BCUT2D eigenvalue weighted by atomic mass is 10.2. The lowest BCUT2D eigenvalue weighted by molar-refractivity contribution is -0.123. The first-order chi connectivity index (χ1) is 7.41. The summed E-state index contributed by atoms with van der Waals surface area (Å²) in [7, 11) is 0. The number of hydrogen-bond acceptors (Lipinski definition) is 4. The Bertz CT molecular complexity index is 393. The van der Waals surface area contributed by atoms with Gasteiger partial charge < -0.3 is 16.8 Å². The summed E-state index contributed by atoms with van der Waals surface area (Å²) in [5, 5.41) is 9.24. The van der Waals surface area contributed by atoms with Crippen molar-refractivity contribution in [3.8, 4) is 0 Å². The van der Waals surface area contributed by atoms with Crippen LogP contribution in [0.2, 0.25) is 0 Å². The van der Waals surface area contributed by atoms with Gasteiger partial charge in [0, 0.05) is 0 Å². The number of primary amides is 1.